The van der Waals surface area contributed by atoms with Crippen molar-refractivity contribution in [1.82, 2.24) is 0 Å². The third kappa shape index (κ3) is 24.1. The van der Waals surface area contributed by atoms with Crippen molar-refractivity contribution >= 4 is 5.97 Å². The van der Waals surface area contributed by atoms with Gasteiger partial charge in [0.1, 0.15) is 12.6 Å². The van der Waals surface area contributed by atoms with E-state index in [1.54, 1.807) is 0 Å². The first-order chi connectivity index (χ1) is 15.9. The van der Waals surface area contributed by atoms with E-state index in [9.17, 15) is 9.90 Å². The SMILES string of the molecule is C=CC(=O)OCCCCCCCCCCC(O)C[N+](C)(C)CCCCCCCCCCCC. The highest BCUT2D eigenvalue weighted by molar-refractivity contribution is 5.81. The van der Waals surface area contributed by atoms with Crippen molar-refractivity contribution in [3.05, 3.63) is 12.7 Å². The number of hydrogen-bond donors (Lipinski definition) is 1. The first kappa shape index (κ1) is 32.1. The number of ether oxygens (including phenoxy) is 1. The van der Waals surface area contributed by atoms with E-state index in [0.29, 0.717) is 6.61 Å². The number of aliphatic hydroxyl groups excluding tert-OH is 1. The largest absolute Gasteiger partial charge is 0.463 e. The summed E-state index contributed by atoms with van der Waals surface area (Å²) in [6.07, 6.45) is 25.2. The van der Waals surface area contributed by atoms with Crippen LogP contribution in [0.4, 0.5) is 0 Å². The summed E-state index contributed by atoms with van der Waals surface area (Å²) in [5.41, 5.74) is 0. The average molecular weight is 469 g/mol. The quantitative estimate of drug-likeness (QED) is 0.0650. The van der Waals surface area contributed by atoms with Gasteiger partial charge in [-0.2, -0.15) is 0 Å². The van der Waals surface area contributed by atoms with Gasteiger partial charge in [-0.15, -0.1) is 0 Å². The molecule has 4 heteroatoms. The molecule has 1 unspecified atom stereocenters. The van der Waals surface area contributed by atoms with Crippen LogP contribution in [-0.2, 0) is 9.53 Å². The van der Waals surface area contributed by atoms with Crippen molar-refractivity contribution in [3.8, 4) is 0 Å². The highest BCUT2D eigenvalue weighted by Crippen LogP contribution is 2.14. The predicted octanol–water partition coefficient (Wildman–Crippen LogP) is 7.58. The molecule has 0 bridgehead atoms. The summed E-state index contributed by atoms with van der Waals surface area (Å²) in [6.45, 7) is 8.25. The summed E-state index contributed by atoms with van der Waals surface area (Å²) in [6, 6.07) is 0. The Hall–Kier alpha value is -0.870. The molecule has 0 aliphatic heterocycles. The minimum absolute atomic E-state index is 0.165. The molecule has 0 amide bonds. The van der Waals surface area contributed by atoms with Gasteiger partial charge in [-0.3, -0.25) is 0 Å². The second-order valence-corrected chi connectivity index (χ2v) is 10.7. The number of carbonyl (C=O) groups excluding carboxylic acids is 1. The first-order valence-electron chi connectivity index (χ1n) is 14.2. The van der Waals surface area contributed by atoms with Crippen molar-refractivity contribution < 1.29 is 19.1 Å². The minimum atomic E-state index is -0.321. The molecule has 196 valence electrons. The minimum Gasteiger partial charge on any atom is -0.463 e. The molecule has 4 nitrogen and oxygen atoms in total. The third-order valence-corrected chi connectivity index (χ3v) is 6.66. The van der Waals surface area contributed by atoms with Gasteiger partial charge in [-0.25, -0.2) is 4.79 Å². The second-order valence-electron chi connectivity index (χ2n) is 10.7. The number of nitrogens with zero attached hydrogens (tertiary/aromatic N) is 1. The molecule has 0 saturated carbocycles. The molecule has 1 atom stereocenters. The van der Waals surface area contributed by atoms with Gasteiger partial charge in [0.2, 0.25) is 0 Å². The lowest BCUT2D eigenvalue weighted by Gasteiger charge is -2.32. The summed E-state index contributed by atoms with van der Waals surface area (Å²) < 4.78 is 5.93. The van der Waals surface area contributed by atoms with Crippen molar-refractivity contribution in [2.75, 3.05) is 33.8 Å². The summed E-state index contributed by atoms with van der Waals surface area (Å²) in [4.78, 5) is 10.9. The molecule has 0 aromatic rings. The molecule has 0 spiro atoms. The van der Waals surface area contributed by atoms with Crippen LogP contribution in [0.25, 0.3) is 0 Å². The van der Waals surface area contributed by atoms with Gasteiger partial charge in [-0.1, -0.05) is 110 Å². The number of unbranched alkanes of at least 4 members (excludes halogenated alkanes) is 16. The van der Waals surface area contributed by atoms with Crippen LogP contribution >= 0.6 is 0 Å². The van der Waals surface area contributed by atoms with Crippen LogP contribution in [0.1, 0.15) is 129 Å². The lowest BCUT2D eigenvalue weighted by molar-refractivity contribution is -0.893. The molecule has 0 aromatic carbocycles. The van der Waals surface area contributed by atoms with Crippen molar-refractivity contribution in [2.45, 2.75) is 135 Å². The van der Waals surface area contributed by atoms with E-state index in [0.717, 1.165) is 36.7 Å². The van der Waals surface area contributed by atoms with Crippen LogP contribution in [-0.4, -0.2) is 55.5 Å². The van der Waals surface area contributed by atoms with E-state index in [2.05, 4.69) is 27.6 Å². The molecular formula is C29H58NO3+. The highest BCUT2D eigenvalue weighted by atomic mass is 16.5. The van der Waals surface area contributed by atoms with Crippen molar-refractivity contribution in [3.63, 3.8) is 0 Å². The number of carbonyl (C=O) groups is 1. The van der Waals surface area contributed by atoms with E-state index in [-0.39, 0.29) is 12.1 Å². The molecule has 0 rings (SSSR count). The molecular weight excluding hydrogens is 410 g/mol. The summed E-state index contributed by atoms with van der Waals surface area (Å²) >= 11 is 0. The third-order valence-electron chi connectivity index (χ3n) is 6.66. The standard InChI is InChI=1S/C29H58NO3/c1-5-7-8-9-10-11-13-16-19-22-25-30(3,4)27-28(31)24-21-18-15-12-14-17-20-23-26-33-29(32)6-2/h6,28,31H,2,5,7-27H2,1,3-4H3/q+1. The number of hydrogen-bond acceptors (Lipinski definition) is 3. The Morgan fingerprint density at radius 3 is 1.76 bits per heavy atom. The van der Waals surface area contributed by atoms with Gasteiger partial charge in [0.05, 0.1) is 27.2 Å². The number of esters is 1. The Balaban J connectivity index is 3.48. The summed E-state index contributed by atoms with van der Waals surface area (Å²) in [5.74, 6) is -0.321. The fraction of sp³-hybridized carbons (Fsp3) is 0.897. The number of rotatable bonds is 25. The zero-order chi connectivity index (χ0) is 24.6. The highest BCUT2D eigenvalue weighted by Gasteiger charge is 2.19. The maximum atomic E-state index is 10.9. The average Bonchev–Trinajstić information content (AvgIpc) is 2.78. The maximum absolute atomic E-state index is 10.9. The van der Waals surface area contributed by atoms with Crippen LogP contribution in [0.3, 0.4) is 0 Å². The monoisotopic (exact) mass is 468 g/mol. The molecule has 0 aliphatic carbocycles. The van der Waals surface area contributed by atoms with E-state index in [1.165, 1.54) is 109 Å². The molecule has 0 fully saturated rings. The summed E-state index contributed by atoms with van der Waals surface area (Å²) in [7, 11) is 4.55. The topological polar surface area (TPSA) is 46.5 Å². The molecule has 0 radical (unpaired) electrons. The number of quaternary nitrogens is 1. The Morgan fingerprint density at radius 2 is 1.24 bits per heavy atom. The molecule has 0 aliphatic rings. The molecule has 0 aromatic heterocycles. The van der Waals surface area contributed by atoms with Gasteiger partial charge in [0.15, 0.2) is 0 Å². The molecule has 0 heterocycles. The van der Waals surface area contributed by atoms with Gasteiger partial charge in [0.25, 0.3) is 0 Å². The van der Waals surface area contributed by atoms with Crippen molar-refractivity contribution in [2.24, 2.45) is 0 Å². The van der Waals surface area contributed by atoms with Crippen LogP contribution < -0.4 is 0 Å². The Labute approximate surface area is 206 Å². The Morgan fingerprint density at radius 1 is 0.788 bits per heavy atom. The van der Waals surface area contributed by atoms with Crippen LogP contribution in [0, 0.1) is 0 Å². The van der Waals surface area contributed by atoms with Crippen LogP contribution in [0.15, 0.2) is 12.7 Å². The van der Waals surface area contributed by atoms with Gasteiger partial charge in [0, 0.05) is 6.08 Å². The first-order valence-corrected chi connectivity index (χ1v) is 14.2. The zero-order valence-corrected chi connectivity index (χ0v) is 22.6. The van der Waals surface area contributed by atoms with E-state index in [1.807, 2.05) is 0 Å². The van der Waals surface area contributed by atoms with E-state index in [4.69, 9.17) is 4.74 Å². The van der Waals surface area contributed by atoms with Gasteiger partial charge < -0.3 is 14.3 Å². The van der Waals surface area contributed by atoms with Crippen LogP contribution in [0.5, 0.6) is 0 Å². The Kier molecular flexibility index (Phi) is 22.3. The maximum Gasteiger partial charge on any atom is 0.330 e. The van der Waals surface area contributed by atoms with Crippen LogP contribution in [0.2, 0.25) is 0 Å². The van der Waals surface area contributed by atoms with Gasteiger partial charge in [-0.05, 0) is 25.7 Å². The number of likely N-dealkylation sites (N-methyl/N-ethyl adjacent to an activating group) is 1. The predicted molar refractivity (Wildman–Crippen MR) is 142 cm³/mol. The second kappa shape index (κ2) is 22.9. The molecule has 0 saturated heterocycles. The van der Waals surface area contributed by atoms with E-state index < -0.39 is 0 Å². The lowest BCUT2D eigenvalue weighted by atomic mass is 10.0. The molecule has 33 heavy (non-hydrogen) atoms. The molecule has 1 N–H and O–H groups in total. The van der Waals surface area contributed by atoms with Gasteiger partial charge >= 0.3 is 5.97 Å². The lowest BCUT2D eigenvalue weighted by Crippen LogP contribution is -2.45. The summed E-state index contributed by atoms with van der Waals surface area (Å²) in [5, 5.41) is 10.5. The normalized spacial score (nSPS) is 12.6. The number of aliphatic hydroxyl groups is 1. The van der Waals surface area contributed by atoms with E-state index >= 15 is 0 Å². The zero-order valence-electron chi connectivity index (χ0n) is 22.6. The smallest absolute Gasteiger partial charge is 0.330 e. The fourth-order valence-corrected chi connectivity index (χ4v) is 4.55. The fourth-order valence-electron chi connectivity index (χ4n) is 4.55. The Bertz CT molecular complexity index is 450. The van der Waals surface area contributed by atoms with Crippen molar-refractivity contribution in [1.29, 1.82) is 0 Å².